The third-order valence-corrected chi connectivity index (χ3v) is 4.58. The Balaban J connectivity index is 1.92. The van der Waals surface area contributed by atoms with Crippen molar-refractivity contribution in [2.24, 2.45) is 0 Å². The molecule has 28 heavy (non-hydrogen) atoms. The second-order valence-electron chi connectivity index (χ2n) is 7.01. The number of nitrogens with zero attached hydrogens (tertiary/aromatic N) is 3. The smallest absolute Gasteiger partial charge is 0.332 e. The fraction of sp³-hybridized carbons (Fsp3) is 0.190. The van der Waals surface area contributed by atoms with Gasteiger partial charge in [-0.05, 0) is 37.6 Å². The molecule has 0 unspecified atom stereocenters. The average Bonchev–Trinajstić information content (AvgIpc) is 3.02. The molecule has 0 spiro atoms. The summed E-state index contributed by atoms with van der Waals surface area (Å²) in [5, 5.41) is 10.3. The van der Waals surface area contributed by atoms with Crippen molar-refractivity contribution in [3.05, 3.63) is 70.8 Å². The molecule has 7 heteroatoms. The molecule has 4 aromatic rings. The molecular formula is C21H20N4O3. The van der Waals surface area contributed by atoms with Crippen molar-refractivity contribution >= 4 is 11.2 Å². The molecule has 2 N–H and O–H groups in total. The highest BCUT2D eigenvalue weighted by Crippen LogP contribution is 2.27. The molecule has 2 aromatic carbocycles. The number of aromatic amines is 1. The lowest BCUT2D eigenvalue weighted by Gasteiger charge is -2.18. The molecule has 0 radical (unpaired) electrons. The predicted octanol–water partition coefficient (Wildman–Crippen LogP) is 3.01. The number of aromatic nitrogens is 4. The van der Waals surface area contributed by atoms with Crippen molar-refractivity contribution in [3.63, 3.8) is 0 Å². The Labute approximate surface area is 161 Å². The number of nitrogens with one attached hydrogen (secondary N) is 1. The van der Waals surface area contributed by atoms with E-state index in [4.69, 9.17) is 4.74 Å². The highest BCUT2D eigenvalue weighted by Gasteiger charge is 2.18. The van der Waals surface area contributed by atoms with Crippen LogP contribution >= 0.6 is 0 Å². The quantitative estimate of drug-likeness (QED) is 0.571. The van der Waals surface area contributed by atoms with E-state index in [-0.39, 0.29) is 5.69 Å². The van der Waals surface area contributed by atoms with Crippen molar-refractivity contribution in [1.29, 1.82) is 0 Å². The van der Waals surface area contributed by atoms with Crippen LogP contribution in [0, 0.1) is 0 Å². The van der Waals surface area contributed by atoms with E-state index in [1.807, 2.05) is 36.4 Å². The van der Waals surface area contributed by atoms with Gasteiger partial charge in [0, 0.05) is 5.56 Å². The molecule has 2 aromatic heterocycles. The number of fused-ring (bicyclic) bond motifs is 1. The van der Waals surface area contributed by atoms with Crippen LogP contribution in [0.25, 0.3) is 28.2 Å². The fourth-order valence-corrected chi connectivity index (χ4v) is 3.11. The molecule has 7 nitrogen and oxygen atoms in total. The molecule has 0 aliphatic carbocycles. The number of methoxy groups -OCH3 is 1. The number of imidazole rings is 1. The minimum atomic E-state index is -0.978. The molecule has 0 saturated carbocycles. The Bertz CT molecular complexity index is 1220. The van der Waals surface area contributed by atoms with Crippen LogP contribution < -0.4 is 10.4 Å². The second kappa shape index (κ2) is 6.61. The van der Waals surface area contributed by atoms with E-state index in [9.17, 15) is 9.90 Å². The maximum Gasteiger partial charge on any atom is 0.332 e. The van der Waals surface area contributed by atoms with Crippen LogP contribution in [0.3, 0.4) is 0 Å². The van der Waals surface area contributed by atoms with Gasteiger partial charge < -0.3 is 14.8 Å². The van der Waals surface area contributed by atoms with Crippen molar-refractivity contribution in [3.8, 4) is 22.8 Å². The highest BCUT2D eigenvalue weighted by atomic mass is 16.5. The molecule has 0 fully saturated rings. The topological polar surface area (TPSA) is 93.0 Å². The van der Waals surface area contributed by atoms with Crippen molar-refractivity contribution < 1.29 is 9.84 Å². The Morgan fingerprint density at radius 1 is 1.14 bits per heavy atom. The molecule has 4 rings (SSSR count). The molecule has 142 valence electrons. The summed E-state index contributed by atoms with van der Waals surface area (Å²) < 4.78 is 6.87. The van der Waals surface area contributed by atoms with Gasteiger partial charge in [-0.25, -0.2) is 19.3 Å². The number of benzene rings is 2. The molecule has 0 bridgehead atoms. The number of para-hydroxylation sites is 2. The van der Waals surface area contributed by atoms with E-state index in [1.54, 1.807) is 39.3 Å². The van der Waals surface area contributed by atoms with Crippen LogP contribution in [0.1, 0.15) is 19.4 Å². The Morgan fingerprint density at radius 2 is 1.93 bits per heavy atom. The fourth-order valence-electron chi connectivity index (χ4n) is 3.11. The van der Waals surface area contributed by atoms with Crippen LogP contribution in [0.15, 0.2) is 59.5 Å². The van der Waals surface area contributed by atoms with E-state index >= 15 is 0 Å². The Kier molecular flexibility index (Phi) is 4.24. The largest absolute Gasteiger partial charge is 0.495 e. The number of aliphatic hydroxyl groups is 1. The van der Waals surface area contributed by atoms with Crippen LogP contribution in [0.5, 0.6) is 5.75 Å². The summed E-state index contributed by atoms with van der Waals surface area (Å²) in [6, 6.07) is 14.7. The minimum absolute atomic E-state index is 0.323. The summed E-state index contributed by atoms with van der Waals surface area (Å²) >= 11 is 0. The van der Waals surface area contributed by atoms with Gasteiger partial charge in [0.05, 0.1) is 24.6 Å². The third kappa shape index (κ3) is 3.05. The monoisotopic (exact) mass is 376 g/mol. The van der Waals surface area contributed by atoms with Crippen molar-refractivity contribution in [1.82, 2.24) is 19.5 Å². The zero-order valence-electron chi connectivity index (χ0n) is 15.8. The standard InChI is InChI=1S/C21H20N4O3/c1-21(2,27)14-8-6-7-13(11-14)18-22-12-15-19(24-18)25(20(26)23-15)16-9-4-5-10-17(16)28-3/h4-12,27H,1-3H3,(H,23,26). The second-order valence-corrected chi connectivity index (χ2v) is 7.01. The molecule has 0 aliphatic heterocycles. The number of hydrogen-bond acceptors (Lipinski definition) is 5. The number of rotatable bonds is 4. The number of H-pyrrole nitrogens is 1. The molecule has 2 heterocycles. The van der Waals surface area contributed by atoms with Gasteiger partial charge in [0.25, 0.3) is 0 Å². The van der Waals surface area contributed by atoms with Gasteiger partial charge >= 0.3 is 5.69 Å². The SMILES string of the molecule is COc1ccccc1-n1c(=O)[nH]c2cnc(-c3cccc(C(C)(C)O)c3)nc21. The molecule has 0 saturated heterocycles. The van der Waals surface area contributed by atoms with Crippen LogP contribution in [-0.2, 0) is 5.60 Å². The molecule has 0 aliphatic rings. The first-order chi connectivity index (χ1) is 13.4. The van der Waals surface area contributed by atoms with Crippen LogP contribution in [0.2, 0.25) is 0 Å². The van der Waals surface area contributed by atoms with Crippen molar-refractivity contribution in [2.75, 3.05) is 7.11 Å². The lowest BCUT2D eigenvalue weighted by molar-refractivity contribution is 0.0786. The molecule has 0 amide bonds. The van der Waals surface area contributed by atoms with Gasteiger partial charge in [-0.2, -0.15) is 0 Å². The normalized spacial score (nSPS) is 11.7. The minimum Gasteiger partial charge on any atom is -0.495 e. The van der Waals surface area contributed by atoms with Gasteiger partial charge in [-0.1, -0.05) is 30.3 Å². The summed E-state index contributed by atoms with van der Waals surface area (Å²) in [6.07, 6.45) is 1.59. The summed E-state index contributed by atoms with van der Waals surface area (Å²) in [5.74, 6) is 1.02. The lowest BCUT2D eigenvalue weighted by atomic mass is 9.96. The Hall–Kier alpha value is -3.45. The maximum atomic E-state index is 12.6. The first-order valence-corrected chi connectivity index (χ1v) is 8.83. The number of ether oxygens (including phenoxy) is 1. The Morgan fingerprint density at radius 3 is 2.68 bits per heavy atom. The third-order valence-electron chi connectivity index (χ3n) is 4.58. The van der Waals surface area contributed by atoms with Crippen molar-refractivity contribution in [2.45, 2.75) is 19.4 Å². The van der Waals surface area contributed by atoms with Crippen LogP contribution in [-0.4, -0.2) is 31.7 Å². The van der Waals surface area contributed by atoms with Gasteiger partial charge in [0.15, 0.2) is 11.5 Å². The molecule has 0 atom stereocenters. The van der Waals surface area contributed by atoms with E-state index in [0.717, 1.165) is 11.1 Å². The van der Waals surface area contributed by atoms with Gasteiger partial charge in [0.2, 0.25) is 0 Å². The highest BCUT2D eigenvalue weighted by molar-refractivity contribution is 5.75. The van der Waals surface area contributed by atoms with E-state index in [2.05, 4.69) is 15.0 Å². The summed E-state index contributed by atoms with van der Waals surface area (Å²) in [7, 11) is 1.56. The van der Waals surface area contributed by atoms with E-state index < -0.39 is 5.60 Å². The summed E-state index contributed by atoms with van der Waals surface area (Å²) in [6.45, 7) is 3.45. The maximum absolute atomic E-state index is 12.6. The predicted molar refractivity (Wildman–Crippen MR) is 107 cm³/mol. The molecular weight excluding hydrogens is 356 g/mol. The zero-order valence-corrected chi connectivity index (χ0v) is 15.8. The summed E-state index contributed by atoms with van der Waals surface area (Å²) in [5.41, 5.74) is 1.78. The van der Waals surface area contributed by atoms with Gasteiger partial charge in [-0.3, -0.25) is 0 Å². The first-order valence-electron chi connectivity index (χ1n) is 8.83. The van der Waals surface area contributed by atoms with Gasteiger partial charge in [-0.15, -0.1) is 0 Å². The summed E-state index contributed by atoms with van der Waals surface area (Å²) in [4.78, 5) is 24.4. The van der Waals surface area contributed by atoms with E-state index in [1.165, 1.54) is 4.57 Å². The number of hydrogen-bond donors (Lipinski definition) is 2. The average molecular weight is 376 g/mol. The lowest BCUT2D eigenvalue weighted by Crippen LogP contribution is -2.16. The van der Waals surface area contributed by atoms with Crippen LogP contribution in [0.4, 0.5) is 0 Å². The van der Waals surface area contributed by atoms with E-state index in [0.29, 0.717) is 28.4 Å². The first kappa shape index (κ1) is 17.9. The van der Waals surface area contributed by atoms with Gasteiger partial charge in [0.1, 0.15) is 11.3 Å². The zero-order chi connectivity index (χ0) is 19.9.